The van der Waals surface area contributed by atoms with Gasteiger partial charge in [-0.3, -0.25) is 0 Å². The van der Waals surface area contributed by atoms with Crippen LogP contribution in [0, 0.1) is 5.92 Å². The Morgan fingerprint density at radius 2 is 2.07 bits per heavy atom. The average molecular weight is 243 g/mol. The summed E-state index contributed by atoms with van der Waals surface area (Å²) in [4.78, 5) is 0. The van der Waals surface area contributed by atoms with Gasteiger partial charge in [0.05, 0.1) is 5.75 Å². The zero-order valence-corrected chi connectivity index (χ0v) is 10.0. The maximum atomic E-state index is 11.4. The molecule has 0 aliphatic heterocycles. The Morgan fingerprint density at radius 3 is 2.43 bits per heavy atom. The molecule has 1 aliphatic carbocycles. The van der Waals surface area contributed by atoms with Gasteiger partial charge in [-0.1, -0.05) is 6.92 Å². The standard InChI is InChI=1S/C8H18N2O2S.ClH/c1-2-5-13(11,12)10-8(6-9)7-3-4-7;/h7-8,10H,2-6,9H2,1H3;1H. The minimum absolute atomic E-state index is 0. The third kappa shape index (κ3) is 4.59. The molecular formula is C8H19ClN2O2S. The second-order valence-corrected chi connectivity index (χ2v) is 5.49. The molecule has 0 aromatic rings. The van der Waals surface area contributed by atoms with Crippen LogP contribution >= 0.6 is 12.4 Å². The van der Waals surface area contributed by atoms with Gasteiger partial charge >= 0.3 is 0 Å². The zero-order valence-electron chi connectivity index (χ0n) is 8.40. The van der Waals surface area contributed by atoms with Gasteiger partial charge < -0.3 is 5.73 Å². The Bertz CT molecular complexity index is 252. The Hall–Kier alpha value is 0.160. The highest BCUT2D eigenvalue weighted by Crippen LogP contribution is 2.32. The van der Waals surface area contributed by atoms with Crippen molar-refractivity contribution >= 4 is 22.4 Å². The van der Waals surface area contributed by atoms with Crippen LogP contribution in [0.3, 0.4) is 0 Å². The van der Waals surface area contributed by atoms with E-state index in [0.717, 1.165) is 12.8 Å². The molecular weight excluding hydrogens is 224 g/mol. The zero-order chi connectivity index (χ0) is 9.90. The monoisotopic (exact) mass is 242 g/mol. The normalized spacial score (nSPS) is 18.7. The van der Waals surface area contributed by atoms with Crippen molar-refractivity contribution in [1.82, 2.24) is 4.72 Å². The van der Waals surface area contributed by atoms with Gasteiger partial charge in [-0.15, -0.1) is 12.4 Å². The highest BCUT2D eigenvalue weighted by atomic mass is 35.5. The number of halogens is 1. The maximum Gasteiger partial charge on any atom is 0.211 e. The molecule has 86 valence electrons. The van der Waals surface area contributed by atoms with E-state index in [-0.39, 0.29) is 24.2 Å². The molecule has 0 aromatic heterocycles. The number of hydrogen-bond acceptors (Lipinski definition) is 3. The van der Waals surface area contributed by atoms with E-state index in [1.165, 1.54) is 0 Å². The molecule has 1 atom stereocenters. The molecule has 0 saturated heterocycles. The number of nitrogens with two attached hydrogens (primary N) is 1. The Kier molecular flexibility index (Phi) is 5.97. The van der Waals surface area contributed by atoms with E-state index in [1.54, 1.807) is 0 Å². The first kappa shape index (κ1) is 14.2. The van der Waals surface area contributed by atoms with Crippen LogP contribution in [-0.4, -0.2) is 26.8 Å². The van der Waals surface area contributed by atoms with Crippen LogP contribution in [0.25, 0.3) is 0 Å². The third-order valence-electron chi connectivity index (χ3n) is 2.25. The Labute approximate surface area is 92.1 Å². The predicted octanol–water partition coefficient (Wildman–Crippen LogP) is 0.475. The molecule has 4 nitrogen and oxygen atoms in total. The van der Waals surface area contributed by atoms with Gasteiger partial charge in [-0.2, -0.15) is 0 Å². The average Bonchev–Trinajstić information content (AvgIpc) is 2.82. The lowest BCUT2D eigenvalue weighted by molar-refractivity contribution is 0.518. The van der Waals surface area contributed by atoms with Crippen molar-refractivity contribution in [2.45, 2.75) is 32.2 Å². The number of sulfonamides is 1. The van der Waals surface area contributed by atoms with E-state index < -0.39 is 10.0 Å². The van der Waals surface area contributed by atoms with Crippen molar-refractivity contribution < 1.29 is 8.42 Å². The fraction of sp³-hybridized carbons (Fsp3) is 1.00. The first-order valence-corrected chi connectivity index (χ1v) is 6.44. The summed E-state index contributed by atoms with van der Waals surface area (Å²) in [6.45, 7) is 2.27. The molecule has 1 aliphatic rings. The molecule has 1 rings (SSSR count). The summed E-state index contributed by atoms with van der Waals surface area (Å²) in [5, 5.41) is 0. The maximum absolute atomic E-state index is 11.4. The van der Waals surface area contributed by atoms with Crippen molar-refractivity contribution in [3.05, 3.63) is 0 Å². The molecule has 1 unspecified atom stereocenters. The summed E-state index contributed by atoms with van der Waals surface area (Å²) >= 11 is 0. The summed E-state index contributed by atoms with van der Waals surface area (Å²) in [5.74, 6) is 0.688. The fourth-order valence-corrected chi connectivity index (χ4v) is 2.80. The minimum atomic E-state index is -3.08. The van der Waals surface area contributed by atoms with E-state index in [1.807, 2.05) is 6.92 Å². The van der Waals surface area contributed by atoms with Gasteiger partial charge in [0, 0.05) is 12.6 Å². The molecule has 0 radical (unpaired) electrons. The van der Waals surface area contributed by atoms with Crippen molar-refractivity contribution in [3.8, 4) is 0 Å². The van der Waals surface area contributed by atoms with E-state index >= 15 is 0 Å². The Morgan fingerprint density at radius 1 is 1.50 bits per heavy atom. The van der Waals surface area contributed by atoms with Crippen molar-refractivity contribution in [1.29, 1.82) is 0 Å². The highest BCUT2D eigenvalue weighted by Gasteiger charge is 2.32. The van der Waals surface area contributed by atoms with E-state index in [0.29, 0.717) is 18.9 Å². The quantitative estimate of drug-likeness (QED) is 0.712. The molecule has 6 heteroatoms. The number of hydrogen-bond donors (Lipinski definition) is 2. The van der Waals surface area contributed by atoms with Gasteiger partial charge in [0.1, 0.15) is 0 Å². The van der Waals surface area contributed by atoms with Crippen molar-refractivity contribution in [2.24, 2.45) is 11.7 Å². The summed E-state index contributed by atoms with van der Waals surface area (Å²) in [6.07, 6.45) is 2.87. The summed E-state index contributed by atoms with van der Waals surface area (Å²) in [5.41, 5.74) is 5.49. The topological polar surface area (TPSA) is 72.2 Å². The lowest BCUT2D eigenvalue weighted by Crippen LogP contribution is -2.42. The first-order chi connectivity index (χ1) is 6.09. The van der Waals surface area contributed by atoms with Crippen LogP contribution in [0.4, 0.5) is 0 Å². The lowest BCUT2D eigenvalue weighted by atomic mass is 10.2. The minimum Gasteiger partial charge on any atom is -0.329 e. The summed E-state index contributed by atoms with van der Waals surface area (Å²) < 4.78 is 25.4. The predicted molar refractivity (Wildman–Crippen MR) is 60.0 cm³/mol. The van der Waals surface area contributed by atoms with Gasteiger partial charge in [-0.25, -0.2) is 13.1 Å². The SMILES string of the molecule is CCCS(=O)(=O)NC(CN)C1CC1.Cl. The summed E-state index contributed by atoms with van der Waals surface area (Å²) in [7, 11) is -3.08. The molecule has 1 saturated carbocycles. The molecule has 1 fully saturated rings. The molecule has 0 aromatic carbocycles. The van der Waals surface area contributed by atoms with E-state index in [2.05, 4.69) is 4.72 Å². The third-order valence-corrected chi connectivity index (χ3v) is 3.86. The highest BCUT2D eigenvalue weighted by molar-refractivity contribution is 7.89. The first-order valence-electron chi connectivity index (χ1n) is 4.79. The molecule has 0 amide bonds. The Balaban J connectivity index is 0.00000169. The second kappa shape index (κ2) is 5.90. The smallest absolute Gasteiger partial charge is 0.211 e. The molecule has 14 heavy (non-hydrogen) atoms. The van der Waals surface area contributed by atoms with Crippen LogP contribution in [0.15, 0.2) is 0 Å². The van der Waals surface area contributed by atoms with Crippen LogP contribution in [0.1, 0.15) is 26.2 Å². The van der Waals surface area contributed by atoms with Gasteiger partial charge in [0.25, 0.3) is 0 Å². The van der Waals surface area contributed by atoms with Gasteiger partial charge in [0.15, 0.2) is 0 Å². The number of rotatable bonds is 6. The van der Waals surface area contributed by atoms with E-state index in [9.17, 15) is 8.42 Å². The number of nitrogens with one attached hydrogen (secondary N) is 1. The van der Waals surface area contributed by atoms with Crippen LogP contribution in [-0.2, 0) is 10.0 Å². The van der Waals surface area contributed by atoms with Crippen molar-refractivity contribution in [2.75, 3.05) is 12.3 Å². The summed E-state index contributed by atoms with van der Waals surface area (Å²) in [6, 6.07) is -0.0310. The van der Waals surface area contributed by atoms with Crippen molar-refractivity contribution in [3.63, 3.8) is 0 Å². The molecule has 0 heterocycles. The van der Waals surface area contributed by atoms with Crippen LogP contribution in [0.5, 0.6) is 0 Å². The van der Waals surface area contributed by atoms with Gasteiger partial charge in [-0.05, 0) is 25.2 Å². The molecule has 3 N–H and O–H groups in total. The fourth-order valence-electron chi connectivity index (χ4n) is 1.39. The van der Waals surface area contributed by atoms with Crippen LogP contribution in [0.2, 0.25) is 0 Å². The van der Waals surface area contributed by atoms with E-state index in [4.69, 9.17) is 5.73 Å². The molecule has 0 bridgehead atoms. The second-order valence-electron chi connectivity index (χ2n) is 3.62. The molecule has 0 spiro atoms. The largest absolute Gasteiger partial charge is 0.329 e. The van der Waals surface area contributed by atoms with Crippen LogP contribution < -0.4 is 10.5 Å². The van der Waals surface area contributed by atoms with Gasteiger partial charge in [0.2, 0.25) is 10.0 Å². The lowest BCUT2D eigenvalue weighted by Gasteiger charge is -2.15.